The van der Waals surface area contributed by atoms with Gasteiger partial charge in [0.05, 0.1) is 18.8 Å². The van der Waals surface area contributed by atoms with E-state index in [1.807, 2.05) is 19.9 Å². The molecule has 3 aromatic carbocycles. The maximum atomic E-state index is 12.9. The number of hydrogen-bond donors (Lipinski definition) is 2. The first-order valence-electron chi connectivity index (χ1n) is 11.3. The van der Waals surface area contributed by atoms with Crippen LogP contribution in [0.3, 0.4) is 0 Å². The summed E-state index contributed by atoms with van der Waals surface area (Å²) in [5, 5.41) is 2.91. The molecule has 3 rings (SSSR count). The molecule has 0 radical (unpaired) electrons. The predicted molar refractivity (Wildman–Crippen MR) is 132 cm³/mol. The molecule has 3 aromatic rings. The number of carbonyl (C=O) groups is 2. The van der Waals surface area contributed by atoms with Gasteiger partial charge < -0.3 is 25.3 Å². The van der Waals surface area contributed by atoms with Crippen molar-refractivity contribution in [2.24, 2.45) is 5.73 Å². The highest BCUT2D eigenvalue weighted by atomic mass is 16.5. The summed E-state index contributed by atoms with van der Waals surface area (Å²) in [5.41, 5.74) is 7.58. The highest BCUT2D eigenvalue weighted by Gasteiger charge is 2.12. The van der Waals surface area contributed by atoms with Crippen molar-refractivity contribution in [3.05, 3.63) is 83.4 Å². The van der Waals surface area contributed by atoms with Crippen LogP contribution < -0.4 is 25.3 Å². The van der Waals surface area contributed by atoms with Crippen LogP contribution in [0.5, 0.6) is 17.2 Å². The standard InChI is InChI=1S/C27H30N2O5/c1-3-14-32-24-13-12-21(17-25(24)33-15-4-2)29-27(31)20-9-7-8-19(16-20)18-34-23-11-6-5-10-22(23)26(28)30/h5-13,16-17H,3-4,14-15,18H2,1-2H3,(H2,28,30)(H,29,31). The molecule has 0 fully saturated rings. The number of carbonyl (C=O) groups excluding carboxylic acids is 2. The fourth-order valence-electron chi connectivity index (χ4n) is 3.20. The van der Waals surface area contributed by atoms with Crippen LogP contribution in [-0.2, 0) is 6.61 Å². The lowest BCUT2D eigenvalue weighted by molar-refractivity contribution is 0.0994. The molecular weight excluding hydrogens is 432 g/mol. The quantitative estimate of drug-likeness (QED) is 0.386. The topological polar surface area (TPSA) is 99.9 Å². The van der Waals surface area contributed by atoms with E-state index in [1.165, 1.54) is 0 Å². The molecule has 34 heavy (non-hydrogen) atoms. The number of nitrogens with one attached hydrogen (secondary N) is 1. The van der Waals surface area contributed by atoms with Gasteiger partial charge in [0.1, 0.15) is 12.4 Å². The van der Waals surface area contributed by atoms with Crippen LogP contribution in [0.25, 0.3) is 0 Å². The molecule has 178 valence electrons. The molecule has 0 unspecified atom stereocenters. The van der Waals surface area contributed by atoms with Gasteiger partial charge >= 0.3 is 0 Å². The molecular formula is C27H30N2O5. The minimum absolute atomic E-state index is 0.184. The number of nitrogens with two attached hydrogens (primary N) is 1. The Morgan fingerprint density at radius 3 is 2.26 bits per heavy atom. The van der Waals surface area contributed by atoms with Crippen LogP contribution in [0.4, 0.5) is 5.69 Å². The Bertz CT molecular complexity index is 1130. The number of anilines is 1. The fourth-order valence-corrected chi connectivity index (χ4v) is 3.20. The molecule has 0 saturated heterocycles. The van der Waals surface area contributed by atoms with Crippen LogP contribution in [0.15, 0.2) is 66.7 Å². The normalized spacial score (nSPS) is 10.4. The minimum Gasteiger partial charge on any atom is -0.490 e. The number of ether oxygens (including phenoxy) is 3. The Hall–Kier alpha value is -4.00. The second-order valence-electron chi connectivity index (χ2n) is 7.66. The lowest BCUT2D eigenvalue weighted by Gasteiger charge is -2.14. The van der Waals surface area contributed by atoms with E-state index in [1.54, 1.807) is 60.7 Å². The molecule has 7 nitrogen and oxygen atoms in total. The van der Waals surface area contributed by atoms with Crippen molar-refractivity contribution in [2.75, 3.05) is 18.5 Å². The molecule has 3 N–H and O–H groups in total. The van der Waals surface area contributed by atoms with E-state index in [-0.39, 0.29) is 12.5 Å². The van der Waals surface area contributed by atoms with E-state index in [0.717, 1.165) is 18.4 Å². The van der Waals surface area contributed by atoms with Crippen LogP contribution in [0.2, 0.25) is 0 Å². The lowest BCUT2D eigenvalue weighted by Crippen LogP contribution is -2.14. The molecule has 0 heterocycles. The molecule has 0 aliphatic carbocycles. The van der Waals surface area contributed by atoms with Gasteiger partial charge in [-0.2, -0.15) is 0 Å². The predicted octanol–water partition coefficient (Wildman–Crippen LogP) is 5.19. The number of amides is 2. The Labute approximate surface area is 199 Å². The average molecular weight is 463 g/mol. The molecule has 2 amide bonds. The number of primary amides is 1. The highest BCUT2D eigenvalue weighted by Crippen LogP contribution is 2.31. The summed E-state index contributed by atoms with van der Waals surface area (Å²) in [5.74, 6) is 0.835. The SMILES string of the molecule is CCCOc1ccc(NC(=O)c2cccc(COc3ccccc3C(N)=O)c2)cc1OCCC. The average Bonchev–Trinajstić information content (AvgIpc) is 2.85. The third-order valence-corrected chi connectivity index (χ3v) is 4.86. The van der Waals surface area contributed by atoms with Crippen molar-refractivity contribution in [2.45, 2.75) is 33.3 Å². The summed E-state index contributed by atoms with van der Waals surface area (Å²) in [6, 6.07) is 19.2. The lowest BCUT2D eigenvalue weighted by atomic mass is 10.1. The van der Waals surface area contributed by atoms with Crippen LogP contribution in [-0.4, -0.2) is 25.0 Å². The molecule has 0 spiro atoms. The summed E-state index contributed by atoms with van der Waals surface area (Å²) >= 11 is 0. The second-order valence-corrected chi connectivity index (χ2v) is 7.66. The van der Waals surface area contributed by atoms with Crippen molar-refractivity contribution in [1.29, 1.82) is 0 Å². The minimum atomic E-state index is -0.558. The van der Waals surface area contributed by atoms with Gasteiger partial charge in [-0.3, -0.25) is 9.59 Å². The van der Waals surface area contributed by atoms with E-state index in [2.05, 4.69) is 5.32 Å². The highest BCUT2D eigenvalue weighted by molar-refractivity contribution is 6.04. The first-order valence-corrected chi connectivity index (χ1v) is 11.3. The summed E-state index contributed by atoms with van der Waals surface area (Å²) in [7, 11) is 0. The molecule has 0 aliphatic heterocycles. The molecule has 0 aliphatic rings. The maximum absolute atomic E-state index is 12.9. The van der Waals surface area contributed by atoms with Gasteiger partial charge in [0, 0.05) is 17.3 Å². The van der Waals surface area contributed by atoms with E-state index < -0.39 is 5.91 Å². The Kier molecular flexibility index (Phi) is 8.91. The maximum Gasteiger partial charge on any atom is 0.255 e. The largest absolute Gasteiger partial charge is 0.490 e. The van der Waals surface area contributed by atoms with Gasteiger partial charge in [0.25, 0.3) is 11.8 Å². The first kappa shape index (κ1) is 24.6. The van der Waals surface area contributed by atoms with Gasteiger partial charge in [0.2, 0.25) is 0 Å². The van der Waals surface area contributed by atoms with Gasteiger partial charge in [-0.1, -0.05) is 38.1 Å². The fraction of sp³-hybridized carbons (Fsp3) is 0.259. The van der Waals surface area contributed by atoms with E-state index in [4.69, 9.17) is 19.9 Å². The van der Waals surface area contributed by atoms with Crippen molar-refractivity contribution >= 4 is 17.5 Å². The van der Waals surface area contributed by atoms with Gasteiger partial charge in [-0.25, -0.2) is 0 Å². The zero-order chi connectivity index (χ0) is 24.3. The Balaban J connectivity index is 1.70. The number of hydrogen-bond acceptors (Lipinski definition) is 5. The summed E-state index contributed by atoms with van der Waals surface area (Å²) in [6.07, 6.45) is 1.75. The Morgan fingerprint density at radius 1 is 0.794 bits per heavy atom. The molecule has 0 bridgehead atoms. The van der Waals surface area contributed by atoms with Crippen LogP contribution in [0, 0.1) is 0 Å². The van der Waals surface area contributed by atoms with Crippen molar-refractivity contribution in [1.82, 2.24) is 0 Å². The molecule has 0 aromatic heterocycles. The van der Waals surface area contributed by atoms with E-state index >= 15 is 0 Å². The van der Waals surface area contributed by atoms with Gasteiger partial charge in [-0.05, 0) is 54.8 Å². The number of rotatable bonds is 12. The zero-order valence-corrected chi connectivity index (χ0v) is 19.5. The smallest absolute Gasteiger partial charge is 0.255 e. The molecule has 0 atom stereocenters. The number of para-hydroxylation sites is 1. The van der Waals surface area contributed by atoms with E-state index in [9.17, 15) is 9.59 Å². The summed E-state index contributed by atoms with van der Waals surface area (Å²) < 4.78 is 17.3. The third kappa shape index (κ3) is 6.75. The van der Waals surface area contributed by atoms with Gasteiger partial charge in [-0.15, -0.1) is 0 Å². The van der Waals surface area contributed by atoms with Crippen molar-refractivity contribution < 1.29 is 23.8 Å². The van der Waals surface area contributed by atoms with E-state index in [0.29, 0.717) is 47.3 Å². The second kappa shape index (κ2) is 12.3. The van der Waals surface area contributed by atoms with Crippen molar-refractivity contribution in [3.63, 3.8) is 0 Å². The summed E-state index contributed by atoms with van der Waals surface area (Å²) in [4.78, 5) is 24.5. The zero-order valence-electron chi connectivity index (χ0n) is 19.5. The molecule has 0 saturated carbocycles. The van der Waals surface area contributed by atoms with Crippen molar-refractivity contribution in [3.8, 4) is 17.2 Å². The summed E-state index contributed by atoms with van der Waals surface area (Å²) in [6.45, 7) is 5.40. The molecule has 7 heteroatoms. The monoisotopic (exact) mass is 462 g/mol. The van der Waals surface area contributed by atoms with Crippen LogP contribution >= 0.6 is 0 Å². The third-order valence-electron chi connectivity index (χ3n) is 4.86. The first-order chi connectivity index (χ1) is 16.5. The van der Waals surface area contributed by atoms with Gasteiger partial charge in [0.15, 0.2) is 11.5 Å². The number of benzene rings is 3. The Morgan fingerprint density at radius 2 is 1.53 bits per heavy atom. The van der Waals surface area contributed by atoms with Crippen LogP contribution in [0.1, 0.15) is 53.0 Å².